The van der Waals surface area contributed by atoms with E-state index in [2.05, 4.69) is 34.6 Å². The Balaban J connectivity index is 2.61. The van der Waals surface area contributed by atoms with Crippen molar-refractivity contribution < 1.29 is 0 Å². The lowest BCUT2D eigenvalue weighted by molar-refractivity contribution is 0.620. The fourth-order valence-electron chi connectivity index (χ4n) is 1.44. The number of hydrogen-bond donors (Lipinski definition) is 3. The highest BCUT2D eigenvalue weighted by molar-refractivity contribution is 5.39. The van der Waals surface area contributed by atoms with Crippen molar-refractivity contribution in [3.05, 3.63) is 12.3 Å². The molecule has 0 amide bonds. The molecule has 84 valence electrons. The number of aromatic nitrogens is 2. The maximum Gasteiger partial charge on any atom is 0.239 e. The Bertz CT molecular complexity index is 289. The number of rotatable bonds is 6. The molecule has 1 aromatic heterocycles. The fourth-order valence-corrected chi connectivity index (χ4v) is 1.44. The van der Waals surface area contributed by atoms with Gasteiger partial charge < -0.3 is 5.32 Å². The molecule has 0 aromatic carbocycles. The van der Waals surface area contributed by atoms with Crippen molar-refractivity contribution in [1.29, 1.82) is 0 Å². The zero-order valence-corrected chi connectivity index (χ0v) is 9.33. The van der Waals surface area contributed by atoms with Crippen LogP contribution in [0.1, 0.15) is 33.1 Å². The van der Waals surface area contributed by atoms with E-state index in [1.165, 1.54) is 6.42 Å². The highest BCUT2D eigenvalue weighted by Gasteiger charge is 2.05. The highest BCUT2D eigenvalue weighted by atomic mass is 15.3. The Labute approximate surface area is 90.5 Å². The van der Waals surface area contributed by atoms with E-state index in [0.29, 0.717) is 12.0 Å². The summed E-state index contributed by atoms with van der Waals surface area (Å²) in [5.74, 6) is 6.49. The number of anilines is 2. The minimum absolute atomic E-state index is 0.436. The van der Waals surface area contributed by atoms with Gasteiger partial charge in [0.05, 0.1) is 0 Å². The molecule has 1 rings (SSSR count). The molecule has 0 saturated heterocycles. The molecule has 0 fully saturated rings. The van der Waals surface area contributed by atoms with Crippen molar-refractivity contribution in [2.75, 3.05) is 10.7 Å². The van der Waals surface area contributed by atoms with E-state index < -0.39 is 0 Å². The smallest absolute Gasteiger partial charge is 0.239 e. The molecule has 1 unspecified atom stereocenters. The first-order valence-electron chi connectivity index (χ1n) is 5.36. The number of nitrogen functional groups attached to an aromatic ring is 1. The normalized spacial score (nSPS) is 12.2. The third-order valence-corrected chi connectivity index (χ3v) is 2.27. The number of nitrogens with two attached hydrogens (primary N) is 1. The van der Waals surface area contributed by atoms with Gasteiger partial charge in [0.15, 0.2) is 0 Å². The summed E-state index contributed by atoms with van der Waals surface area (Å²) < 4.78 is 0. The molecule has 0 radical (unpaired) electrons. The first kappa shape index (κ1) is 11.7. The minimum Gasteiger partial charge on any atom is -0.367 e. The maximum atomic E-state index is 5.24. The molecular formula is C10H19N5. The number of nitrogens with zero attached hydrogens (tertiary/aromatic N) is 2. The van der Waals surface area contributed by atoms with Gasteiger partial charge in [0.1, 0.15) is 5.82 Å². The molecule has 5 nitrogen and oxygen atoms in total. The second-order valence-corrected chi connectivity index (χ2v) is 3.45. The van der Waals surface area contributed by atoms with Crippen molar-refractivity contribution in [3.63, 3.8) is 0 Å². The summed E-state index contributed by atoms with van der Waals surface area (Å²) in [6, 6.07) is 2.31. The first-order valence-corrected chi connectivity index (χ1v) is 5.36. The summed E-state index contributed by atoms with van der Waals surface area (Å²) in [6.45, 7) is 4.34. The van der Waals surface area contributed by atoms with Gasteiger partial charge in [0, 0.05) is 12.2 Å². The van der Waals surface area contributed by atoms with E-state index >= 15 is 0 Å². The topological polar surface area (TPSA) is 75.9 Å². The van der Waals surface area contributed by atoms with E-state index in [9.17, 15) is 0 Å². The summed E-state index contributed by atoms with van der Waals surface area (Å²) in [5.41, 5.74) is 2.43. The second-order valence-electron chi connectivity index (χ2n) is 3.45. The lowest BCUT2D eigenvalue weighted by Gasteiger charge is -2.16. The van der Waals surface area contributed by atoms with Gasteiger partial charge in [-0.05, 0) is 18.9 Å². The molecule has 5 heteroatoms. The Morgan fingerprint density at radius 1 is 1.47 bits per heavy atom. The lowest BCUT2D eigenvalue weighted by atomic mass is 10.1. The van der Waals surface area contributed by atoms with Crippen molar-refractivity contribution in [2.24, 2.45) is 5.84 Å². The Kier molecular flexibility index (Phi) is 4.83. The van der Waals surface area contributed by atoms with Gasteiger partial charge in [-0.1, -0.05) is 20.3 Å². The predicted octanol–water partition coefficient (Wildman–Crippen LogP) is 1.75. The number of hydrazine groups is 1. The molecule has 1 atom stereocenters. The Hall–Kier alpha value is -1.36. The first-order chi connectivity index (χ1) is 7.30. The summed E-state index contributed by atoms with van der Waals surface area (Å²) in [7, 11) is 0. The summed E-state index contributed by atoms with van der Waals surface area (Å²) in [4.78, 5) is 8.15. The third kappa shape index (κ3) is 3.71. The molecule has 0 aliphatic heterocycles. The van der Waals surface area contributed by atoms with Crippen LogP contribution >= 0.6 is 0 Å². The zero-order chi connectivity index (χ0) is 11.1. The van der Waals surface area contributed by atoms with Crippen LogP contribution < -0.4 is 16.6 Å². The zero-order valence-electron chi connectivity index (χ0n) is 9.33. The molecule has 0 spiro atoms. The standard InChI is InChI=1S/C10H19N5/c1-3-5-8(4-2)13-9-6-7-12-10(14-9)15-11/h6-8H,3-5,11H2,1-2H3,(H2,12,13,14,15). The van der Waals surface area contributed by atoms with Crippen LogP contribution in [0.15, 0.2) is 12.3 Å². The molecule has 4 N–H and O–H groups in total. The van der Waals surface area contributed by atoms with E-state index in [1.807, 2.05) is 6.07 Å². The van der Waals surface area contributed by atoms with Crippen LogP contribution in [-0.4, -0.2) is 16.0 Å². The van der Waals surface area contributed by atoms with E-state index in [4.69, 9.17) is 5.84 Å². The van der Waals surface area contributed by atoms with Crippen molar-refractivity contribution >= 4 is 11.8 Å². The minimum atomic E-state index is 0.436. The lowest BCUT2D eigenvalue weighted by Crippen LogP contribution is -2.19. The predicted molar refractivity (Wildman–Crippen MR) is 62.5 cm³/mol. The van der Waals surface area contributed by atoms with E-state index in [0.717, 1.165) is 18.7 Å². The van der Waals surface area contributed by atoms with Gasteiger partial charge in [-0.3, -0.25) is 5.43 Å². The fraction of sp³-hybridized carbons (Fsp3) is 0.600. The summed E-state index contributed by atoms with van der Waals surface area (Å²) in [6.07, 6.45) is 5.08. The quantitative estimate of drug-likeness (QED) is 0.491. The van der Waals surface area contributed by atoms with Crippen molar-refractivity contribution in [1.82, 2.24) is 9.97 Å². The van der Waals surface area contributed by atoms with Crippen LogP contribution in [0.4, 0.5) is 11.8 Å². The van der Waals surface area contributed by atoms with E-state index in [-0.39, 0.29) is 0 Å². The van der Waals surface area contributed by atoms with Gasteiger partial charge in [-0.15, -0.1) is 0 Å². The SMILES string of the molecule is CCCC(CC)Nc1ccnc(NN)n1. The number of nitrogens with one attached hydrogen (secondary N) is 2. The molecule has 1 aromatic rings. The van der Waals surface area contributed by atoms with Crippen LogP contribution in [0, 0.1) is 0 Å². The molecule has 0 aliphatic rings. The highest BCUT2D eigenvalue weighted by Crippen LogP contribution is 2.11. The van der Waals surface area contributed by atoms with Gasteiger partial charge in [-0.25, -0.2) is 10.8 Å². The Morgan fingerprint density at radius 2 is 2.27 bits per heavy atom. The second kappa shape index (κ2) is 6.19. The van der Waals surface area contributed by atoms with Gasteiger partial charge >= 0.3 is 0 Å². The monoisotopic (exact) mass is 209 g/mol. The molecule has 0 aliphatic carbocycles. The number of hydrogen-bond acceptors (Lipinski definition) is 5. The summed E-state index contributed by atoms with van der Waals surface area (Å²) in [5, 5.41) is 3.36. The average molecular weight is 209 g/mol. The van der Waals surface area contributed by atoms with Crippen LogP contribution in [0.5, 0.6) is 0 Å². The molecule has 0 saturated carbocycles. The Morgan fingerprint density at radius 3 is 2.87 bits per heavy atom. The van der Waals surface area contributed by atoms with Crippen LogP contribution in [0.3, 0.4) is 0 Å². The maximum absolute atomic E-state index is 5.24. The average Bonchev–Trinajstić information content (AvgIpc) is 2.29. The molecule has 0 bridgehead atoms. The van der Waals surface area contributed by atoms with E-state index in [1.54, 1.807) is 6.20 Å². The van der Waals surface area contributed by atoms with Crippen LogP contribution in [0.25, 0.3) is 0 Å². The third-order valence-electron chi connectivity index (χ3n) is 2.27. The van der Waals surface area contributed by atoms with Gasteiger partial charge in [0.2, 0.25) is 5.95 Å². The van der Waals surface area contributed by atoms with Crippen molar-refractivity contribution in [3.8, 4) is 0 Å². The van der Waals surface area contributed by atoms with Gasteiger partial charge in [-0.2, -0.15) is 4.98 Å². The van der Waals surface area contributed by atoms with Crippen LogP contribution in [-0.2, 0) is 0 Å². The van der Waals surface area contributed by atoms with Crippen molar-refractivity contribution in [2.45, 2.75) is 39.2 Å². The molecular weight excluding hydrogens is 190 g/mol. The van der Waals surface area contributed by atoms with Gasteiger partial charge in [0.25, 0.3) is 0 Å². The molecule has 15 heavy (non-hydrogen) atoms. The molecule has 1 heterocycles. The van der Waals surface area contributed by atoms with Crippen LogP contribution in [0.2, 0.25) is 0 Å². The largest absolute Gasteiger partial charge is 0.367 e. The summed E-state index contributed by atoms with van der Waals surface area (Å²) >= 11 is 0.